The van der Waals surface area contributed by atoms with Crippen molar-refractivity contribution in [1.82, 2.24) is 20.5 Å². The number of ether oxygens (including phenoxy) is 1. The molecule has 9 nitrogen and oxygen atoms in total. The van der Waals surface area contributed by atoms with E-state index in [-0.39, 0.29) is 23.6 Å². The number of rotatable bonds is 9. The van der Waals surface area contributed by atoms with Gasteiger partial charge in [-0.25, -0.2) is 9.78 Å². The molecule has 5 rings (SSSR count). The van der Waals surface area contributed by atoms with Crippen molar-refractivity contribution in [3.05, 3.63) is 35.9 Å². The quantitative estimate of drug-likeness (QED) is 0.399. The van der Waals surface area contributed by atoms with Gasteiger partial charge < -0.3 is 25.4 Å². The molecule has 3 fully saturated rings. The molecule has 3 aliphatic rings. The molecule has 9 heteroatoms. The fourth-order valence-electron chi connectivity index (χ4n) is 6.52. The summed E-state index contributed by atoms with van der Waals surface area (Å²) in [5.41, 5.74) is 1.25. The predicted molar refractivity (Wildman–Crippen MR) is 166 cm³/mol. The maximum Gasteiger partial charge on any atom is 0.407 e. The molecule has 2 saturated heterocycles. The van der Waals surface area contributed by atoms with Crippen molar-refractivity contribution in [2.24, 2.45) is 17.8 Å². The third-order valence-electron chi connectivity index (χ3n) is 9.12. The van der Waals surface area contributed by atoms with Crippen molar-refractivity contribution in [2.45, 2.75) is 77.4 Å². The molecule has 1 aromatic heterocycles. The van der Waals surface area contributed by atoms with Crippen LogP contribution in [0.4, 0.5) is 10.6 Å². The Kier molecular flexibility index (Phi) is 9.88. The van der Waals surface area contributed by atoms with Gasteiger partial charge in [0.15, 0.2) is 0 Å². The van der Waals surface area contributed by atoms with Gasteiger partial charge in [0.25, 0.3) is 5.91 Å². The molecule has 3 N–H and O–H groups in total. The zero-order valence-corrected chi connectivity index (χ0v) is 25.6. The highest BCUT2D eigenvalue weighted by Gasteiger charge is 2.27. The Morgan fingerprint density at radius 1 is 1.00 bits per heavy atom. The molecule has 0 spiro atoms. The Balaban J connectivity index is 1.11. The number of amides is 2. The molecule has 2 aromatic rings. The van der Waals surface area contributed by atoms with E-state index in [0.717, 1.165) is 88.0 Å². The van der Waals surface area contributed by atoms with E-state index in [9.17, 15) is 14.7 Å². The van der Waals surface area contributed by atoms with Crippen LogP contribution < -0.4 is 15.5 Å². The van der Waals surface area contributed by atoms with Crippen LogP contribution in [-0.2, 0) is 4.74 Å². The Bertz CT molecular complexity index is 1210. The minimum absolute atomic E-state index is 0.0363. The molecule has 1 aliphatic carbocycles. The van der Waals surface area contributed by atoms with Gasteiger partial charge in [-0.05, 0) is 102 Å². The van der Waals surface area contributed by atoms with Gasteiger partial charge in [-0.2, -0.15) is 0 Å². The number of hydrogen-bond donors (Lipinski definition) is 3. The maximum absolute atomic E-state index is 13.5. The van der Waals surface area contributed by atoms with E-state index >= 15 is 0 Å². The number of hydrogen-bond acceptors (Lipinski definition) is 7. The van der Waals surface area contributed by atoms with Crippen molar-refractivity contribution < 1.29 is 19.4 Å². The summed E-state index contributed by atoms with van der Waals surface area (Å²) in [5.74, 6) is 2.36. The number of pyridine rings is 1. The molecule has 0 bridgehead atoms. The number of anilines is 1. The molecule has 2 amide bonds. The Hall–Kier alpha value is -2.91. The number of β-amino-alcohol motifs (C(OH)–C–C–N with tert-alkyl or cyclic N) is 1. The van der Waals surface area contributed by atoms with Crippen LogP contribution in [0, 0.1) is 17.8 Å². The van der Waals surface area contributed by atoms with Crippen LogP contribution in [0.25, 0.3) is 10.9 Å². The van der Waals surface area contributed by atoms with Crippen LogP contribution in [0.5, 0.6) is 0 Å². The van der Waals surface area contributed by atoms with Gasteiger partial charge in [0.2, 0.25) is 0 Å². The summed E-state index contributed by atoms with van der Waals surface area (Å²) >= 11 is 0. The molecule has 1 aromatic carbocycles. The Morgan fingerprint density at radius 2 is 1.69 bits per heavy atom. The van der Waals surface area contributed by atoms with Crippen molar-refractivity contribution in [2.75, 3.05) is 50.8 Å². The summed E-state index contributed by atoms with van der Waals surface area (Å²) in [7, 11) is 0. The number of carbonyl (C=O) groups excluding carboxylic acids is 2. The predicted octanol–water partition coefficient (Wildman–Crippen LogP) is 4.58. The number of nitrogens with zero attached hydrogens (tertiary/aromatic N) is 3. The summed E-state index contributed by atoms with van der Waals surface area (Å²) in [4.78, 5) is 35.1. The van der Waals surface area contributed by atoms with Crippen LogP contribution in [0.3, 0.4) is 0 Å². The lowest BCUT2D eigenvalue weighted by molar-refractivity contribution is -0.00111. The van der Waals surface area contributed by atoms with E-state index in [4.69, 9.17) is 9.72 Å². The highest BCUT2D eigenvalue weighted by molar-refractivity contribution is 6.07. The summed E-state index contributed by atoms with van der Waals surface area (Å²) in [5, 5.41) is 16.5. The third-order valence-corrected chi connectivity index (χ3v) is 9.12. The number of aliphatic hydroxyl groups excluding tert-OH is 1. The van der Waals surface area contributed by atoms with Gasteiger partial charge in [-0.15, -0.1) is 0 Å². The number of alkyl carbamates (subject to hydrolysis) is 1. The third kappa shape index (κ3) is 8.34. The van der Waals surface area contributed by atoms with Crippen molar-refractivity contribution >= 4 is 28.7 Å². The smallest absolute Gasteiger partial charge is 0.407 e. The fraction of sp³-hybridized carbons (Fsp3) is 0.667. The number of nitrogens with one attached hydrogen (secondary N) is 2. The first-order valence-corrected chi connectivity index (χ1v) is 15.9. The van der Waals surface area contributed by atoms with Gasteiger partial charge in [0, 0.05) is 43.6 Å². The van der Waals surface area contributed by atoms with Crippen LogP contribution >= 0.6 is 0 Å². The van der Waals surface area contributed by atoms with E-state index in [2.05, 4.69) is 20.4 Å². The van der Waals surface area contributed by atoms with Gasteiger partial charge in [0.1, 0.15) is 5.82 Å². The Morgan fingerprint density at radius 3 is 2.38 bits per heavy atom. The fourth-order valence-corrected chi connectivity index (χ4v) is 6.52. The number of aromatic nitrogens is 1. The molecule has 2 aliphatic heterocycles. The lowest BCUT2D eigenvalue weighted by Gasteiger charge is -2.38. The lowest BCUT2D eigenvalue weighted by atomic mass is 9.82. The second kappa shape index (κ2) is 13.6. The molecule has 3 heterocycles. The zero-order valence-electron chi connectivity index (χ0n) is 25.6. The normalized spacial score (nSPS) is 22.5. The number of benzene rings is 1. The first-order chi connectivity index (χ1) is 20.1. The largest absolute Gasteiger partial charge is 0.449 e. The van der Waals surface area contributed by atoms with E-state index in [1.165, 1.54) is 6.42 Å². The molecule has 0 radical (unpaired) electrons. The number of carbonyl (C=O) groups is 2. The first kappa shape index (κ1) is 30.5. The molecule has 230 valence electrons. The summed E-state index contributed by atoms with van der Waals surface area (Å²) in [6, 6.07) is 9.91. The molecule has 42 heavy (non-hydrogen) atoms. The van der Waals surface area contributed by atoms with E-state index in [0.29, 0.717) is 36.5 Å². The number of para-hydroxylation sites is 1. The molecular weight excluding hydrogens is 530 g/mol. The van der Waals surface area contributed by atoms with Gasteiger partial charge in [0.05, 0.1) is 23.8 Å². The number of fused-ring (bicyclic) bond motifs is 1. The highest BCUT2D eigenvalue weighted by atomic mass is 16.5. The van der Waals surface area contributed by atoms with Crippen LogP contribution in [0.1, 0.15) is 76.1 Å². The van der Waals surface area contributed by atoms with E-state index in [1.807, 2.05) is 51.1 Å². The topological polar surface area (TPSA) is 107 Å². The average molecular weight is 580 g/mol. The van der Waals surface area contributed by atoms with Gasteiger partial charge in [-0.3, -0.25) is 9.69 Å². The molecular formula is C33H49N5O4. The molecule has 1 saturated carbocycles. The second-order valence-corrected chi connectivity index (χ2v) is 13.7. The van der Waals surface area contributed by atoms with E-state index in [1.54, 1.807) is 0 Å². The molecule has 0 unspecified atom stereocenters. The van der Waals surface area contributed by atoms with Gasteiger partial charge in [-0.1, -0.05) is 18.2 Å². The van der Waals surface area contributed by atoms with Crippen molar-refractivity contribution in [3.63, 3.8) is 0 Å². The summed E-state index contributed by atoms with van der Waals surface area (Å²) in [6.07, 6.45) is 6.99. The van der Waals surface area contributed by atoms with Crippen molar-refractivity contribution in [1.29, 1.82) is 0 Å². The minimum atomic E-state index is -0.353. The zero-order chi connectivity index (χ0) is 29.7. The van der Waals surface area contributed by atoms with E-state index < -0.39 is 0 Å². The van der Waals surface area contributed by atoms with Crippen molar-refractivity contribution in [3.8, 4) is 0 Å². The van der Waals surface area contributed by atoms with Crippen LogP contribution in [0.15, 0.2) is 30.3 Å². The number of aliphatic hydroxyl groups is 1. The molecule has 0 atom stereocenters. The summed E-state index contributed by atoms with van der Waals surface area (Å²) in [6.45, 7) is 11.5. The first-order valence-electron chi connectivity index (χ1n) is 15.9. The highest BCUT2D eigenvalue weighted by Crippen LogP contribution is 2.30. The van der Waals surface area contributed by atoms with Gasteiger partial charge >= 0.3 is 6.09 Å². The average Bonchev–Trinajstić information content (AvgIpc) is 2.96. The maximum atomic E-state index is 13.5. The van der Waals surface area contributed by atoms with Crippen LogP contribution in [0.2, 0.25) is 0 Å². The van der Waals surface area contributed by atoms with Crippen LogP contribution in [-0.4, -0.2) is 84.5 Å². The number of likely N-dealkylation sites (tertiary alicyclic amines) is 1. The lowest BCUT2D eigenvalue weighted by Crippen LogP contribution is -2.51. The number of piperidine rings is 1. The Labute approximate surface area is 250 Å². The summed E-state index contributed by atoms with van der Waals surface area (Å²) < 4.78 is 5.45. The monoisotopic (exact) mass is 579 g/mol. The standard InChI is InChI=1S/C33H49N5O4/c1-33(2,3)36-32(41)42-22-25-10-8-24(9-11-25)19-34-31(40)28-18-30(35-29-7-5-4-6-27(28)29)38-16-13-23(14-17-38)12-15-37-20-26(39)21-37/h4-7,18,23-26,39H,8-17,19-22H2,1-3H3,(H,34,40)(H,36,41). The second-order valence-electron chi connectivity index (χ2n) is 13.7. The SMILES string of the molecule is CC(C)(C)NC(=O)OCC1CCC(CNC(=O)c2cc(N3CCC(CCN4CC(O)C4)CC3)nc3ccccc23)CC1. The minimum Gasteiger partial charge on any atom is -0.449 e.